The lowest BCUT2D eigenvalue weighted by molar-refractivity contribution is -0.138. The SMILES string of the molecule is [N-]=[N+]=NC[C@@]1(F)C[C@@H](C(=O)NCc2cc(C(=N)N)cs2)N(C(=O)CNC(=O)CCCOc2ccccc2)C1. The lowest BCUT2D eigenvalue weighted by atomic mass is 10.0. The van der Waals surface area contributed by atoms with E-state index in [1.165, 1.54) is 11.3 Å². The van der Waals surface area contributed by atoms with E-state index >= 15 is 4.39 Å². The molecule has 5 N–H and O–H groups in total. The highest BCUT2D eigenvalue weighted by Gasteiger charge is 2.48. The van der Waals surface area contributed by atoms with Gasteiger partial charge in [0.15, 0.2) is 0 Å². The van der Waals surface area contributed by atoms with Crippen LogP contribution >= 0.6 is 11.3 Å². The number of para-hydroxylation sites is 1. The Bertz CT molecular complexity index is 1200. The molecule has 1 aromatic heterocycles. The molecule has 1 aliphatic rings. The molecular formula is C24H29FN8O4S. The van der Waals surface area contributed by atoms with Crippen LogP contribution in [-0.4, -0.2) is 66.4 Å². The van der Waals surface area contributed by atoms with Gasteiger partial charge in [-0.2, -0.15) is 0 Å². The molecule has 1 aromatic carbocycles. The average Bonchev–Trinajstić information content (AvgIpc) is 3.53. The molecule has 2 atom stereocenters. The van der Waals surface area contributed by atoms with Crippen molar-refractivity contribution >= 4 is 34.9 Å². The summed E-state index contributed by atoms with van der Waals surface area (Å²) in [6, 6.07) is 9.66. The Kier molecular flexibility index (Phi) is 10.0. The maximum Gasteiger partial charge on any atom is 0.243 e. The summed E-state index contributed by atoms with van der Waals surface area (Å²) >= 11 is 1.30. The van der Waals surface area contributed by atoms with E-state index in [1.54, 1.807) is 23.6 Å². The normalized spacial score (nSPS) is 18.3. The van der Waals surface area contributed by atoms with Crippen LogP contribution in [0, 0.1) is 5.41 Å². The third-order valence-corrected chi connectivity index (χ3v) is 6.76. The van der Waals surface area contributed by atoms with Gasteiger partial charge < -0.3 is 26.0 Å². The quantitative estimate of drug-likeness (QED) is 0.0750. The molecule has 3 amide bonds. The van der Waals surface area contributed by atoms with Gasteiger partial charge in [0.25, 0.3) is 0 Å². The van der Waals surface area contributed by atoms with E-state index in [1.807, 2.05) is 18.2 Å². The number of nitrogens with zero attached hydrogens (tertiary/aromatic N) is 4. The number of azide groups is 1. The van der Waals surface area contributed by atoms with Crippen LogP contribution < -0.4 is 21.1 Å². The van der Waals surface area contributed by atoms with E-state index in [4.69, 9.17) is 21.4 Å². The Morgan fingerprint density at radius 2 is 2.08 bits per heavy atom. The van der Waals surface area contributed by atoms with E-state index in [9.17, 15) is 14.4 Å². The highest BCUT2D eigenvalue weighted by atomic mass is 32.1. The van der Waals surface area contributed by atoms with Crippen molar-refractivity contribution in [3.8, 4) is 5.75 Å². The number of thiophene rings is 1. The first-order valence-corrected chi connectivity index (χ1v) is 12.7. The lowest BCUT2D eigenvalue weighted by Gasteiger charge is -2.24. The van der Waals surface area contributed by atoms with Crippen LogP contribution in [0.25, 0.3) is 10.4 Å². The molecule has 1 aliphatic heterocycles. The number of nitrogen functional groups attached to an aromatic ring is 1. The number of alkyl halides is 1. The molecule has 0 unspecified atom stereocenters. The average molecular weight is 545 g/mol. The smallest absolute Gasteiger partial charge is 0.243 e. The minimum Gasteiger partial charge on any atom is -0.494 e. The van der Waals surface area contributed by atoms with Crippen LogP contribution in [0.2, 0.25) is 0 Å². The monoisotopic (exact) mass is 544 g/mol. The van der Waals surface area contributed by atoms with Crippen molar-refractivity contribution in [3.63, 3.8) is 0 Å². The van der Waals surface area contributed by atoms with Gasteiger partial charge in [-0.05, 0) is 30.2 Å². The number of likely N-dealkylation sites (tertiary alicyclic amines) is 1. The third kappa shape index (κ3) is 8.18. The van der Waals surface area contributed by atoms with Crippen molar-refractivity contribution in [1.82, 2.24) is 15.5 Å². The van der Waals surface area contributed by atoms with Crippen molar-refractivity contribution in [1.29, 1.82) is 5.41 Å². The second kappa shape index (κ2) is 13.4. The van der Waals surface area contributed by atoms with Gasteiger partial charge in [0.05, 0.1) is 32.8 Å². The van der Waals surface area contributed by atoms with E-state index in [0.717, 1.165) is 9.78 Å². The third-order valence-electron chi connectivity index (χ3n) is 5.83. The molecule has 0 spiro atoms. The van der Waals surface area contributed by atoms with Crippen LogP contribution in [0.5, 0.6) is 5.75 Å². The van der Waals surface area contributed by atoms with E-state index in [2.05, 4.69) is 20.7 Å². The molecule has 2 heterocycles. The number of amidine groups is 1. The molecule has 3 rings (SSSR count). The van der Waals surface area contributed by atoms with Gasteiger partial charge in [-0.1, -0.05) is 23.3 Å². The topological polar surface area (TPSA) is 186 Å². The van der Waals surface area contributed by atoms with Crippen LogP contribution in [0.4, 0.5) is 4.39 Å². The Morgan fingerprint density at radius 1 is 1.32 bits per heavy atom. The second-order valence-electron chi connectivity index (χ2n) is 8.76. The fourth-order valence-electron chi connectivity index (χ4n) is 3.92. The van der Waals surface area contributed by atoms with E-state index in [-0.39, 0.29) is 31.1 Å². The molecule has 2 aromatic rings. The maximum absolute atomic E-state index is 15.3. The van der Waals surface area contributed by atoms with Crippen molar-refractivity contribution in [2.75, 3.05) is 26.2 Å². The minimum atomic E-state index is -2.08. The summed E-state index contributed by atoms with van der Waals surface area (Å²) < 4.78 is 20.9. The number of amides is 3. The van der Waals surface area contributed by atoms with Crippen molar-refractivity contribution in [2.24, 2.45) is 10.8 Å². The first-order valence-electron chi connectivity index (χ1n) is 11.8. The number of hydrogen-bond donors (Lipinski definition) is 4. The molecule has 0 bridgehead atoms. The highest BCUT2D eigenvalue weighted by molar-refractivity contribution is 7.10. The molecule has 12 nitrogen and oxygen atoms in total. The molecule has 0 aliphatic carbocycles. The molecule has 202 valence electrons. The molecule has 0 saturated carbocycles. The highest BCUT2D eigenvalue weighted by Crippen LogP contribution is 2.32. The second-order valence-corrected chi connectivity index (χ2v) is 9.75. The number of nitrogens with one attached hydrogen (secondary N) is 3. The molecule has 1 saturated heterocycles. The van der Waals surface area contributed by atoms with Gasteiger partial charge in [-0.15, -0.1) is 11.3 Å². The summed E-state index contributed by atoms with van der Waals surface area (Å²) in [5.41, 5.74) is 12.5. The molecular weight excluding hydrogens is 515 g/mol. The van der Waals surface area contributed by atoms with Crippen molar-refractivity contribution in [3.05, 3.63) is 62.7 Å². The van der Waals surface area contributed by atoms with Crippen LogP contribution in [0.3, 0.4) is 0 Å². The zero-order chi connectivity index (χ0) is 27.5. The minimum absolute atomic E-state index is 0.0996. The number of carbonyl (C=O) groups excluding carboxylic acids is 3. The summed E-state index contributed by atoms with van der Waals surface area (Å²) in [6.45, 7) is -0.962. The van der Waals surface area contributed by atoms with Gasteiger partial charge in [0.1, 0.15) is 23.3 Å². The van der Waals surface area contributed by atoms with Crippen molar-refractivity contribution in [2.45, 2.75) is 37.5 Å². The number of nitrogens with two attached hydrogens (primary N) is 1. The number of hydrogen-bond acceptors (Lipinski definition) is 7. The lowest BCUT2D eigenvalue weighted by Crippen LogP contribution is -2.49. The van der Waals surface area contributed by atoms with Crippen LogP contribution in [0.1, 0.15) is 29.7 Å². The predicted molar refractivity (Wildman–Crippen MR) is 139 cm³/mol. The summed E-state index contributed by atoms with van der Waals surface area (Å²) in [4.78, 5) is 42.4. The van der Waals surface area contributed by atoms with Gasteiger partial charge in [-0.3, -0.25) is 19.8 Å². The molecule has 38 heavy (non-hydrogen) atoms. The Hall–Kier alpha value is -4.16. The summed E-state index contributed by atoms with van der Waals surface area (Å²) in [5.74, 6) is -1.00. The molecule has 0 radical (unpaired) electrons. The fraction of sp³-hybridized carbons (Fsp3) is 0.417. The van der Waals surface area contributed by atoms with E-state index < -0.39 is 43.2 Å². The molecule has 14 heteroatoms. The number of halogens is 1. The van der Waals surface area contributed by atoms with Gasteiger partial charge in [-0.25, -0.2) is 4.39 Å². The standard InChI is InChI=1S/C24H29FN8O4S/c25-24(14-31-32-28)10-19(23(36)30-11-18-9-16(13-38-18)22(26)27)33(15-24)21(35)12-29-20(34)7-4-8-37-17-5-2-1-3-6-17/h1-3,5-6,9,13,19H,4,7-8,10-12,14-15H2,(H3,26,27)(H,29,34)(H,30,36)/t19-,24-/m0/s1. The predicted octanol–water partition coefficient (Wildman–Crippen LogP) is 2.24. The number of carbonyl (C=O) groups is 3. The Labute approximate surface area is 222 Å². The van der Waals surface area contributed by atoms with Gasteiger partial charge >= 0.3 is 0 Å². The summed E-state index contributed by atoms with van der Waals surface area (Å²) in [6.07, 6.45) is 0.200. The van der Waals surface area contributed by atoms with Crippen LogP contribution in [0.15, 0.2) is 46.9 Å². The summed E-state index contributed by atoms with van der Waals surface area (Å²) in [7, 11) is 0. The largest absolute Gasteiger partial charge is 0.494 e. The van der Waals surface area contributed by atoms with E-state index in [0.29, 0.717) is 24.3 Å². The zero-order valence-electron chi connectivity index (χ0n) is 20.6. The van der Waals surface area contributed by atoms with Crippen LogP contribution in [-0.2, 0) is 20.9 Å². The van der Waals surface area contributed by atoms with Gasteiger partial charge in [0, 0.05) is 33.6 Å². The zero-order valence-corrected chi connectivity index (χ0v) is 21.4. The Balaban J connectivity index is 1.53. The van der Waals surface area contributed by atoms with Crippen molar-refractivity contribution < 1.29 is 23.5 Å². The first kappa shape index (κ1) is 28.4. The fourth-order valence-corrected chi connectivity index (χ4v) is 4.74. The van der Waals surface area contributed by atoms with Gasteiger partial charge in [0.2, 0.25) is 17.7 Å². The number of ether oxygens (including phenoxy) is 1. The first-order chi connectivity index (χ1) is 18.2. The molecule has 1 fully saturated rings. The number of benzene rings is 1. The Morgan fingerprint density at radius 3 is 2.76 bits per heavy atom. The number of rotatable bonds is 13. The maximum atomic E-state index is 15.3. The summed E-state index contributed by atoms with van der Waals surface area (Å²) in [5, 5.41) is 17.6.